The van der Waals surface area contributed by atoms with Gasteiger partial charge in [0.2, 0.25) is 10.0 Å². The number of anilines is 1. The molecule has 7 heteroatoms. The molecule has 2 N–H and O–H groups in total. The first-order valence-corrected chi connectivity index (χ1v) is 7.66. The molecule has 18 heavy (non-hydrogen) atoms. The van der Waals surface area contributed by atoms with Gasteiger partial charge >= 0.3 is 0 Å². The first-order valence-electron chi connectivity index (χ1n) is 5.39. The largest absolute Gasteiger partial charge is 0.352 e. The maximum absolute atomic E-state index is 11.8. The van der Waals surface area contributed by atoms with E-state index in [0.29, 0.717) is 12.2 Å². The smallest absolute Gasteiger partial charge is 0.252 e. The van der Waals surface area contributed by atoms with Crippen LogP contribution in [0.3, 0.4) is 0 Å². The van der Waals surface area contributed by atoms with E-state index in [2.05, 4.69) is 10.0 Å². The minimum Gasteiger partial charge on any atom is -0.352 e. The van der Waals surface area contributed by atoms with Crippen molar-refractivity contribution in [3.05, 3.63) is 28.8 Å². The van der Waals surface area contributed by atoms with Gasteiger partial charge in [-0.3, -0.25) is 9.52 Å². The molecule has 0 aromatic heterocycles. The Labute approximate surface area is 112 Å². The Kier molecular flexibility index (Phi) is 4.98. The molecule has 0 bridgehead atoms. The number of carbonyl (C=O) groups is 1. The fourth-order valence-electron chi connectivity index (χ4n) is 1.31. The van der Waals surface area contributed by atoms with E-state index < -0.39 is 10.0 Å². The van der Waals surface area contributed by atoms with Crippen LogP contribution in [0.2, 0.25) is 5.02 Å². The number of hydrogen-bond acceptors (Lipinski definition) is 3. The van der Waals surface area contributed by atoms with Crippen molar-refractivity contribution in [2.75, 3.05) is 17.5 Å². The van der Waals surface area contributed by atoms with Gasteiger partial charge in [0.05, 0.1) is 16.8 Å². The number of nitrogens with one attached hydrogen (secondary N) is 2. The average molecular weight is 291 g/mol. The molecule has 0 aliphatic rings. The zero-order valence-electron chi connectivity index (χ0n) is 10.2. The number of halogens is 1. The van der Waals surface area contributed by atoms with Crippen LogP contribution in [0.1, 0.15) is 23.7 Å². The molecule has 0 saturated carbocycles. The van der Waals surface area contributed by atoms with Crippen LogP contribution < -0.4 is 10.0 Å². The zero-order valence-corrected chi connectivity index (χ0v) is 11.7. The van der Waals surface area contributed by atoms with Crippen LogP contribution in [0.4, 0.5) is 5.69 Å². The minimum atomic E-state index is -3.37. The van der Waals surface area contributed by atoms with Crippen LogP contribution in [-0.4, -0.2) is 27.1 Å². The molecule has 0 spiro atoms. The van der Waals surface area contributed by atoms with Crippen LogP contribution in [0.5, 0.6) is 0 Å². The molecule has 100 valence electrons. The Morgan fingerprint density at radius 2 is 2.06 bits per heavy atom. The molecule has 0 saturated heterocycles. The molecule has 1 aromatic rings. The van der Waals surface area contributed by atoms with Crippen LogP contribution in [0, 0.1) is 0 Å². The summed E-state index contributed by atoms with van der Waals surface area (Å²) < 4.78 is 24.5. The van der Waals surface area contributed by atoms with Crippen molar-refractivity contribution in [2.24, 2.45) is 0 Å². The molecule has 0 radical (unpaired) electrons. The molecular formula is C11H15ClN2O3S. The highest BCUT2D eigenvalue weighted by molar-refractivity contribution is 7.92. The summed E-state index contributed by atoms with van der Waals surface area (Å²) in [4.78, 5) is 11.8. The van der Waals surface area contributed by atoms with E-state index in [0.717, 1.165) is 12.7 Å². The van der Waals surface area contributed by atoms with Gasteiger partial charge in [0.25, 0.3) is 5.91 Å². The Bertz CT molecular complexity index is 543. The second-order valence-corrected chi connectivity index (χ2v) is 5.98. The fraction of sp³-hybridized carbons (Fsp3) is 0.364. The Balaban J connectivity index is 2.97. The molecule has 0 fully saturated rings. The van der Waals surface area contributed by atoms with Gasteiger partial charge < -0.3 is 5.32 Å². The van der Waals surface area contributed by atoms with Gasteiger partial charge in [-0.05, 0) is 24.6 Å². The normalized spacial score (nSPS) is 11.1. The van der Waals surface area contributed by atoms with Gasteiger partial charge in [0.15, 0.2) is 0 Å². The summed E-state index contributed by atoms with van der Waals surface area (Å²) in [5.74, 6) is -0.320. The second-order valence-electron chi connectivity index (χ2n) is 3.82. The number of carbonyl (C=O) groups excluding carboxylic acids is 1. The molecule has 5 nitrogen and oxygen atoms in total. The zero-order chi connectivity index (χ0) is 13.8. The number of rotatable bonds is 5. The number of hydrogen-bond donors (Lipinski definition) is 2. The van der Waals surface area contributed by atoms with Gasteiger partial charge in [0, 0.05) is 12.2 Å². The van der Waals surface area contributed by atoms with E-state index in [-0.39, 0.29) is 16.5 Å². The third-order valence-corrected chi connectivity index (χ3v) is 2.99. The highest BCUT2D eigenvalue weighted by Gasteiger charge is 2.12. The molecule has 1 aromatic carbocycles. The number of benzene rings is 1. The standard InChI is InChI=1S/C11H15ClN2O3S/c1-3-6-13-11(15)9-7-8(4-5-10(9)12)14-18(2,16)17/h4-5,7,14H,3,6H2,1-2H3,(H,13,15). The SMILES string of the molecule is CCCNC(=O)c1cc(NS(C)(=O)=O)ccc1Cl. The Hall–Kier alpha value is -1.27. The quantitative estimate of drug-likeness (QED) is 0.869. The highest BCUT2D eigenvalue weighted by Crippen LogP contribution is 2.21. The summed E-state index contributed by atoms with van der Waals surface area (Å²) >= 11 is 5.90. The fourth-order valence-corrected chi connectivity index (χ4v) is 2.07. The Morgan fingerprint density at radius 3 is 2.61 bits per heavy atom. The predicted octanol–water partition coefficient (Wildman–Crippen LogP) is 1.85. The molecule has 0 aliphatic carbocycles. The maximum atomic E-state index is 11.8. The Morgan fingerprint density at radius 1 is 1.39 bits per heavy atom. The summed E-state index contributed by atoms with van der Waals surface area (Å²) in [6.45, 7) is 2.47. The summed E-state index contributed by atoms with van der Waals surface area (Å²) in [7, 11) is -3.37. The van der Waals surface area contributed by atoms with Gasteiger partial charge in [-0.25, -0.2) is 8.42 Å². The molecule has 0 aliphatic heterocycles. The lowest BCUT2D eigenvalue weighted by molar-refractivity contribution is 0.0954. The molecule has 0 unspecified atom stereocenters. The summed E-state index contributed by atoms with van der Waals surface area (Å²) in [5.41, 5.74) is 0.558. The topological polar surface area (TPSA) is 75.3 Å². The van der Waals surface area contributed by atoms with Crippen LogP contribution >= 0.6 is 11.6 Å². The monoisotopic (exact) mass is 290 g/mol. The van der Waals surface area contributed by atoms with E-state index in [9.17, 15) is 13.2 Å². The van der Waals surface area contributed by atoms with E-state index in [4.69, 9.17) is 11.6 Å². The molecule has 0 atom stereocenters. The number of amides is 1. The first kappa shape index (κ1) is 14.8. The van der Waals surface area contributed by atoms with Crippen molar-refractivity contribution >= 4 is 33.2 Å². The van der Waals surface area contributed by atoms with E-state index in [1.165, 1.54) is 18.2 Å². The number of sulfonamides is 1. The van der Waals surface area contributed by atoms with Gasteiger partial charge in [-0.1, -0.05) is 18.5 Å². The van der Waals surface area contributed by atoms with Gasteiger partial charge in [-0.2, -0.15) is 0 Å². The van der Waals surface area contributed by atoms with Crippen molar-refractivity contribution in [1.82, 2.24) is 5.32 Å². The van der Waals surface area contributed by atoms with Crippen molar-refractivity contribution in [1.29, 1.82) is 0 Å². The van der Waals surface area contributed by atoms with Crippen molar-refractivity contribution in [3.8, 4) is 0 Å². The van der Waals surface area contributed by atoms with Crippen LogP contribution in [0.15, 0.2) is 18.2 Å². The lowest BCUT2D eigenvalue weighted by atomic mass is 10.2. The summed E-state index contributed by atoms with van der Waals surface area (Å²) in [6, 6.07) is 4.39. The van der Waals surface area contributed by atoms with E-state index >= 15 is 0 Å². The minimum absolute atomic E-state index is 0.249. The van der Waals surface area contributed by atoms with Crippen LogP contribution in [-0.2, 0) is 10.0 Å². The molecule has 1 rings (SSSR count). The van der Waals surface area contributed by atoms with Gasteiger partial charge in [-0.15, -0.1) is 0 Å². The third-order valence-electron chi connectivity index (χ3n) is 2.05. The lowest BCUT2D eigenvalue weighted by Gasteiger charge is -2.09. The van der Waals surface area contributed by atoms with Crippen molar-refractivity contribution in [2.45, 2.75) is 13.3 Å². The summed E-state index contributed by atoms with van der Waals surface area (Å²) in [6.07, 6.45) is 1.85. The molecule has 1 amide bonds. The van der Waals surface area contributed by atoms with E-state index in [1.807, 2.05) is 6.92 Å². The van der Waals surface area contributed by atoms with Gasteiger partial charge in [0.1, 0.15) is 0 Å². The maximum Gasteiger partial charge on any atom is 0.252 e. The summed E-state index contributed by atoms with van der Waals surface area (Å²) in [5, 5.41) is 2.96. The van der Waals surface area contributed by atoms with Crippen LogP contribution in [0.25, 0.3) is 0 Å². The highest BCUT2D eigenvalue weighted by atomic mass is 35.5. The molecular weight excluding hydrogens is 276 g/mol. The van der Waals surface area contributed by atoms with E-state index in [1.54, 1.807) is 0 Å². The molecule has 0 heterocycles. The first-order chi connectivity index (χ1) is 8.33. The second kappa shape index (κ2) is 6.06. The van der Waals surface area contributed by atoms with Crippen molar-refractivity contribution in [3.63, 3.8) is 0 Å². The predicted molar refractivity (Wildman–Crippen MR) is 72.5 cm³/mol. The third kappa shape index (κ3) is 4.54. The lowest BCUT2D eigenvalue weighted by Crippen LogP contribution is -2.24. The van der Waals surface area contributed by atoms with Crippen molar-refractivity contribution < 1.29 is 13.2 Å². The average Bonchev–Trinajstić information content (AvgIpc) is 2.26.